The van der Waals surface area contributed by atoms with Gasteiger partial charge in [0.15, 0.2) is 0 Å². The summed E-state index contributed by atoms with van der Waals surface area (Å²) in [5.74, 6) is 0.899. The molecule has 0 fully saturated rings. The highest BCUT2D eigenvalue weighted by molar-refractivity contribution is 5.57. The highest BCUT2D eigenvalue weighted by atomic mass is 16.5. The van der Waals surface area contributed by atoms with E-state index in [1.807, 2.05) is 18.3 Å². The van der Waals surface area contributed by atoms with E-state index >= 15 is 0 Å². The zero-order valence-corrected chi connectivity index (χ0v) is 10.3. The summed E-state index contributed by atoms with van der Waals surface area (Å²) in [6, 6.07) is 8.06. The van der Waals surface area contributed by atoms with Crippen LogP contribution in [0.15, 0.2) is 29.3 Å². The molecule has 0 saturated carbocycles. The lowest BCUT2D eigenvalue weighted by Gasteiger charge is -2.00. The summed E-state index contributed by atoms with van der Waals surface area (Å²) < 4.78 is 5.10. The van der Waals surface area contributed by atoms with Crippen LogP contribution in [0.5, 0.6) is 5.75 Å². The van der Waals surface area contributed by atoms with Gasteiger partial charge in [-0.05, 0) is 36.8 Å². The van der Waals surface area contributed by atoms with E-state index < -0.39 is 0 Å². The SMILES string of the molecule is CCCCCC=NCc1ccc(OC)cc1. The molecular formula is C14H21NO. The molecule has 0 saturated heterocycles. The van der Waals surface area contributed by atoms with Crippen molar-refractivity contribution in [3.63, 3.8) is 0 Å². The molecule has 0 amide bonds. The molecular weight excluding hydrogens is 198 g/mol. The largest absolute Gasteiger partial charge is 0.497 e. The van der Waals surface area contributed by atoms with Crippen molar-refractivity contribution in [1.82, 2.24) is 0 Å². The molecule has 0 unspecified atom stereocenters. The van der Waals surface area contributed by atoms with E-state index in [1.54, 1.807) is 7.11 Å². The van der Waals surface area contributed by atoms with Crippen LogP contribution in [0, 0.1) is 0 Å². The van der Waals surface area contributed by atoms with Crippen LogP contribution < -0.4 is 4.74 Å². The Labute approximate surface area is 98.4 Å². The topological polar surface area (TPSA) is 21.6 Å². The summed E-state index contributed by atoms with van der Waals surface area (Å²) in [5, 5.41) is 0. The van der Waals surface area contributed by atoms with Crippen molar-refractivity contribution < 1.29 is 4.74 Å². The summed E-state index contributed by atoms with van der Waals surface area (Å²) in [6.45, 7) is 2.99. The number of methoxy groups -OCH3 is 1. The Morgan fingerprint density at radius 3 is 2.56 bits per heavy atom. The smallest absolute Gasteiger partial charge is 0.118 e. The normalized spacial score (nSPS) is 10.9. The summed E-state index contributed by atoms with van der Waals surface area (Å²) in [6.07, 6.45) is 6.97. The molecule has 2 nitrogen and oxygen atoms in total. The molecule has 0 aliphatic rings. The van der Waals surface area contributed by atoms with Gasteiger partial charge in [0.05, 0.1) is 13.7 Å². The van der Waals surface area contributed by atoms with Gasteiger partial charge in [0.1, 0.15) is 5.75 Å². The number of ether oxygens (including phenoxy) is 1. The van der Waals surface area contributed by atoms with Crippen molar-refractivity contribution in [3.05, 3.63) is 29.8 Å². The molecule has 88 valence electrons. The molecule has 0 atom stereocenters. The molecule has 1 aromatic carbocycles. The van der Waals surface area contributed by atoms with Gasteiger partial charge in [0, 0.05) is 0 Å². The predicted octanol–water partition coefficient (Wildman–Crippen LogP) is 3.85. The van der Waals surface area contributed by atoms with Gasteiger partial charge >= 0.3 is 0 Å². The van der Waals surface area contributed by atoms with Crippen LogP contribution in [0.3, 0.4) is 0 Å². The molecule has 1 aromatic rings. The van der Waals surface area contributed by atoms with Crippen molar-refractivity contribution in [2.45, 2.75) is 39.2 Å². The van der Waals surface area contributed by atoms with Crippen LogP contribution in [0.1, 0.15) is 38.2 Å². The fourth-order valence-electron chi connectivity index (χ4n) is 1.48. The van der Waals surface area contributed by atoms with E-state index in [-0.39, 0.29) is 0 Å². The average Bonchev–Trinajstić information content (AvgIpc) is 2.34. The highest BCUT2D eigenvalue weighted by Gasteiger charge is 1.91. The summed E-state index contributed by atoms with van der Waals surface area (Å²) in [7, 11) is 1.68. The number of rotatable bonds is 7. The fraction of sp³-hybridized carbons (Fsp3) is 0.500. The van der Waals surface area contributed by atoms with E-state index in [0.717, 1.165) is 18.7 Å². The van der Waals surface area contributed by atoms with Crippen molar-refractivity contribution >= 4 is 6.21 Å². The lowest BCUT2D eigenvalue weighted by Crippen LogP contribution is -1.85. The Morgan fingerprint density at radius 2 is 1.94 bits per heavy atom. The Hall–Kier alpha value is -1.31. The number of benzene rings is 1. The maximum Gasteiger partial charge on any atom is 0.118 e. The second-order valence-electron chi connectivity index (χ2n) is 3.87. The van der Waals surface area contributed by atoms with Crippen LogP contribution in [0.25, 0.3) is 0 Å². The van der Waals surface area contributed by atoms with Crippen LogP contribution in [0.4, 0.5) is 0 Å². The third-order valence-corrected chi connectivity index (χ3v) is 2.50. The van der Waals surface area contributed by atoms with Gasteiger partial charge in [-0.25, -0.2) is 0 Å². The summed E-state index contributed by atoms with van der Waals surface area (Å²) in [5.41, 5.74) is 1.23. The molecule has 0 radical (unpaired) electrons. The highest BCUT2D eigenvalue weighted by Crippen LogP contribution is 2.11. The minimum Gasteiger partial charge on any atom is -0.497 e. The Bertz CT molecular complexity index is 303. The first kappa shape index (κ1) is 12.8. The van der Waals surface area contributed by atoms with Gasteiger partial charge in [0.25, 0.3) is 0 Å². The molecule has 0 N–H and O–H groups in total. The van der Waals surface area contributed by atoms with Crippen LogP contribution in [-0.2, 0) is 6.54 Å². The minimum atomic E-state index is 0.774. The number of hydrogen-bond acceptors (Lipinski definition) is 2. The standard InChI is InChI=1S/C14H21NO/c1-3-4-5-6-11-15-12-13-7-9-14(16-2)10-8-13/h7-11H,3-6,12H2,1-2H3. The first-order valence-corrected chi connectivity index (χ1v) is 5.98. The maximum atomic E-state index is 5.10. The van der Waals surface area contributed by atoms with Crippen LogP contribution in [0.2, 0.25) is 0 Å². The van der Waals surface area contributed by atoms with Crippen molar-refractivity contribution in [3.8, 4) is 5.75 Å². The van der Waals surface area contributed by atoms with E-state index in [9.17, 15) is 0 Å². The lowest BCUT2D eigenvalue weighted by molar-refractivity contribution is 0.414. The monoisotopic (exact) mass is 219 g/mol. The maximum absolute atomic E-state index is 5.10. The van der Waals surface area contributed by atoms with E-state index in [4.69, 9.17) is 4.74 Å². The first-order valence-electron chi connectivity index (χ1n) is 5.98. The third-order valence-electron chi connectivity index (χ3n) is 2.50. The molecule has 0 aliphatic carbocycles. The first-order chi connectivity index (χ1) is 7.86. The molecule has 16 heavy (non-hydrogen) atoms. The Kier molecular flexibility index (Phi) is 6.31. The van der Waals surface area contributed by atoms with Gasteiger partial charge < -0.3 is 4.74 Å². The molecule has 2 heteroatoms. The van der Waals surface area contributed by atoms with Crippen LogP contribution in [-0.4, -0.2) is 13.3 Å². The zero-order chi connectivity index (χ0) is 11.6. The lowest BCUT2D eigenvalue weighted by atomic mass is 10.2. The average molecular weight is 219 g/mol. The molecule has 0 spiro atoms. The number of aliphatic imine (C=N–C) groups is 1. The van der Waals surface area contributed by atoms with Crippen LogP contribution >= 0.6 is 0 Å². The summed E-state index contributed by atoms with van der Waals surface area (Å²) >= 11 is 0. The number of hydrogen-bond donors (Lipinski definition) is 0. The van der Waals surface area contributed by atoms with Gasteiger partial charge in [-0.1, -0.05) is 31.9 Å². The number of unbranched alkanes of at least 4 members (excludes halogenated alkanes) is 3. The quantitative estimate of drug-likeness (QED) is 0.504. The Balaban J connectivity index is 2.25. The molecule has 1 rings (SSSR count). The van der Waals surface area contributed by atoms with Gasteiger partial charge in [-0.15, -0.1) is 0 Å². The third kappa shape index (κ3) is 4.96. The summed E-state index contributed by atoms with van der Waals surface area (Å²) in [4.78, 5) is 4.40. The van der Waals surface area contributed by atoms with Crippen molar-refractivity contribution in [2.75, 3.05) is 7.11 Å². The number of nitrogens with zero attached hydrogens (tertiary/aromatic N) is 1. The molecule has 0 aromatic heterocycles. The zero-order valence-electron chi connectivity index (χ0n) is 10.3. The van der Waals surface area contributed by atoms with E-state index in [2.05, 4.69) is 24.0 Å². The van der Waals surface area contributed by atoms with Gasteiger partial charge in [-0.2, -0.15) is 0 Å². The minimum absolute atomic E-state index is 0.774. The van der Waals surface area contributed by atoms with Gasteiger partial charge in [-0.3, -0.25) is 4.99 Å². The molecule has 0 heterocycles. The molecule has 0 aliphatic heterocycles. The van der Waals surface area contributed by atoms with Crippen molar-refractivity contribution in [1.29, 1.82) is 0 Å². The molecule has 0 bridgehead atoms. The Morgan fingerprint density at radius 1 is 1.19 bits per heavy atom. The second kappa shape index (κ2) is 7.91. The van der Waals surface area contributed by atoms with Gasteiger partial charge in [0.2, 0.25) is 0 Å². The second-order valence-corrected chi connectivity index (χ2v) is 3.87. The van der Waals surface area contributed by atoms with Crippen molar-refractivity contribution in [2.24, 2.45) is 4.99 Å². The predicted molar refractivity (Wildman–Crippen MR) is 69.3 cm³/mol. The van der Waals surface area contributed by atoms with E-state index in [1.165, 1.54) is 24.8 Å². The van der Waals surface area contributed by atoms with E-state index in [0.29, 0.717) is 0 Å². The fourth-order valence-corrected chi connectivity index (χ4v) is 1.48.